The van der Waals surface area contributed by atoms with Crippen LogP contribution in [0.3, 0.4) is 0 Å². The first-order valence-corrected chi connectivity index (χ1v) is 11.0. The van der Waals surface area contributed by atoms with E-state index in [1.807, 2.05) is 5.32 Å². The molecule has 0 atom stereocenters. The van der Waals surface area contributed by atoms with Crippen LogP contribution in [0.2, 0.25) is 0 Å². The zero-order valence-corrected chi connectivity index (χ0v) is 19.7. The summed E-state index contributed by atoms with van der Waals surface area (Å²) < 4.78 is 133. The van der Waals surface area contributed by atoms with Gasteiger partial charge >= 0.3 is 6.18 Å². The highest BCUT2D eigenvalue weighted by Gasteiger charge is 2.31. The molecule has 3 heterocycles. The number of amides is 1. The predicted molar refractivity (Wildman–Crippen MR) is 141 cm³/mol. The van der Waals surface area contributed by atoms with Gasteiger partial charge in [0.15, 0.2) is 0 Å². The van der Waals surface area contributed by atoms with Crippen molar-refractivity contribution in [3.63, 3.8) is 0 Å². The highest BCUT2D eigenvalue weighted by Crippen LogP contribution is 2.33. The molecular formula is C28H22F3N7O. The fraction of sp³-hybridized carbons (Fsp3) is 0.107. The molecule has 0 fully saturated rings. The van der Waals surface area contributed by atoms with Crippen LogP contribution in [0.25, 0.3) is 16.9 Å². The van der Waals surface area contributed by atoms with Crippen molar-refractivity contribution in [3.8, 4) is 16.9 Å². The van der Waals surface area contributed by atoms with Crippen molar-refractivity contribution in [2.24, 2.45) is 0 Å². The summed E-state index contributed by atoms with van der Waals surface area (Å²) in [5.41, 5.74) is -5.45. The maximum atomic E-state index is 14.3. The molecule has 1 amide bonds. The van der Waals surface area contributed by atoms with E-state index in [9.17, 15) is 18.0 Å². The van der Waals surface area contributed by atoms with E-state index < -0.39 is 95.9 Å². The Labute approximate surface area is 237 Å². The van der Waals surface area contributed by atoms with Crippen molar-refractivity contribution in [2.45, 2.75) is 20.0 Å². The molecule has 0 spiro atoms. The van der Waals surface area contributed by atoms with E-state index >= 15 is 0 Å². The largest absolute Gasteiger partial charge is 0.416 e. The van der Waals surface area contributed by atoms with Crippen molar-refractivity contribution in [1.82, 2.24) is 24.5 Å². The van der Waals surface area contributed by atoms with E-state index in [4.69, 9.17) is 15.1 Å². The van der Waals surface area contributed by atoms with Crippen LogP contribution < -0.4 is 10.6 Å². The standard InChI is InChI=1S/C28H22F3N7O/c1-17-5-6-19(10-25(17)37-27-33-9-7-24(36-27)20-4-3-8-32-14-20)26(39)35-22-11-21(28(29,30)31)12-23(13-22)38-15-18(2)34-16-38/h3-16H,1-2H3,(H,35,39)(H,33,36,37)/i2D3,5D,6D,10D,11D,12D,13D,15D,16D. The van der Waals surface area contributed by atoms with E-state index in [-0.39, 0.29) is 21.8 Å². The number of hydrogen-bond donors (Lipinski definition) is 2. The number of nitrogens with zero attached hydrogens (tertiary/aromatic N) is 5. The van der Waals surface area contributed by atoms with E-state index in [0.29, 0.717) is 11.3 Å². The average molecular weight is 541 g/mol. The van der Waals surface area contributed by atoms with Crippen LogP contribution in [0.1, 0.15) is 42.3 Å². The number of pyridine rings is 1. The Morgan fingerprint density at radius 1 is 1.10 bits per heavy atom. The highest BCUT2D eigenvalue weighted by atomic mass is 19.4. The van der Waals surface area contributed by atoms with Crippen molar-refractivity contribution in [2.75, 3.05) is 10.6 Å². The number of imidazole rings is 1. The fourth-order valence-corrected chi connectivity index (χ4v) is 3.22. The maximum Gasteiger partial charge on any atom is 0.416 e. The molecule has 39 heavy (non-hydrogen) atoms. The van der Waals surface area contributed by atoms with Crippen molar-refractivity contribution >= 4 is 23.2 Å². The number of nitrogens with one attached hydrogen (secondary N) is 2. The lowest BCUT2D eigenvalue weighted by Crippen LogP contribution is -2.14. The number of aryl methyl sites for hydroxylation is 1. The van der Waals surface area contributed by atoms with E-state index in [0.717, 1.165) is 0 Å². The lowest BCUT2D eigenvalue weighted by Gasteiger charge is -2.14. The van der Waals surface area contributed by atoms with Gasteiger partial charge in [-0.25, -0.2) is 15.0 Å². The summed E-state index contributed by atoms with van der Waals surface area (Å²) in [6.45, 7) is -1.74. The third kappa shape index (κ3) is 5.93. The molecule has 3 aromatic heterocycles. The number of anilines is 3. The Bertz CT molecular complexity index is 2180. The second-order valence-corrected chi connectivity index (χ2v) is 7.82. The second kappa shape index (κ2) is 10.4. The highest BCUT2D eigenvalue weighted by molar-refractivity contribution is 6.05. The number of alkyl halides is 3. The maximum absolute atomic E-state index is 14.3. The number of rotatable bonds is 6. The zero-order valence-electron chi connectivity index (χ0n) is 30.7. The van der Waals surface area contributed by atoms with E-state index in [1.165, 1.54) is 19.3 Å². The van der Waals surface area contributed by atoms with Gasteiger partial charge < -0.3 is 15.2 Å². The van der Waals surface area contributed by atoms with Gasteiger partial charge in [-0.1, -0.05) is 6.04 Å². The molecule has 0 saturated carbocycles. The van der Waals surface area contributed by atoms with Gasteiger partial charge in [0.25, 0.3) is 5.91 Å². The summed E-state index contributed by atoms with van der Waals surface area (Å²) in [6, 6.07) is -1.51. The molecule has 5 aromatic rings. The molecule has 5 rings (SSSR count). The summed E-state index contributed by atoms with van der Waals surface area (Å²) in [7, 11) is 0. The van der Waals surface area contributed by atoms with Crippen LogP contribution in [-0.4, -0.2) is 30.4 Å². The monoisotopic (exact) mass is 540 g/mol. The minimum atomic E-state index is -5.46. The van der Waals surface area contributed by atoms with Crippen LogP contribution in [-0.2, 0) is 6.18 Å². The minimum absolute atomic E-state index is 0.00520. The Morgan fingerprint density at radius 3 is 2.72 bits per heavy atom. The summed E-state index contributed by atoms with van der Waals surface area (Å²) in [4.78, 5) is 29.5. The number of benzene rings is 2. The van der Waals surface area contributed by atoms with Crippen LogP contribution in [0.5, 0.6) is 0 Å². The van der Waals surface area contributed by atoms with Crippen LogP contribution in [0.15, 0.2) is 85.5 Å². The van der Waals surface area contributed by atoms with Gasteiger partial charge in [-0.15, -0.1) is 0 Å². The van der Waals surface area contributed by atoms with E-state index in [2.05, 4.69) is 25.3 Å². The summed E-state index contributed by atoms with van der Waals surface area (Å²) in [6.07, 6.45) is -3.24. The molecule has 196 valence electrons. The van der Waals surface area contributed by atoms with Crippen LogP contribution >= 0.6 is 0 Å². The molecule has 0 aliphatic carbocycles. The second-order valence-electron chi connectivity index (χ2n) is 7.82. The average Bonchev–Trinajstić information content (AvgIpc) is 3.34. The zero-order chi connectivity index (χ0) is 37.0. The molecule has 0 bridgehead atoms. The molecule has 2 aromatic carbocycles. The first-order valence-electron chi connectivity index (χ1n) is 16.5. The number of halogens is 3. The third-order valence-electron chi connectivity index (χ3n) is 5.04. The molecule has 2 N–H and O–H groups in total. The van der Waals surface area contributed by atoms with Gasteiger partial charge in [0, 0.05) is 57.1 Å². The number of hydrogen-bond acceptors (Lipinski definition) is 6. The molecule has 0 unspecified atom stereocenters. The minimum Gasteiger partial charge on any atom is -0.324 e. The molecular weight excluding hydrogens is 507 g/mol. The van der Waals surface area contributed by atoms with Crippen LogP contribution in [0.4, 0.5) is 30.5 Å². The molecule has 0 radical (unpaired) electrons. The summed E-state index contributed by atoms with van der Waals surface area (Å²) in [5, 5.41) is 4.65. The summed E-state index contributed by atoms with van der Waals surface area (Å²) >= 11 is 0. The van der Waals surface area contributed by atoms with Crippen molar-refractivity contribution in [1.29, 1.82) is 0 Å². The predicted octanol–water partition coefficient (Wildman–Crippen LogP) is 6.36. The number of carbonyl (C=O) groups is 1. The molecule has 8 nitrogen and oxygen atoms in total. The third-order valence-corrected chi connectivity index (χ3v) is 5.04. The Kier molecular flexibility index (Phi) is 4.09. The van der Waals surface area contributed by atoms with Gasteiger partial charge in [0.2, 0.25) is 5.95 Å². The molecule has 0 saturated heterocycles. The van der Waals surface area contributed by atoms with Gasteiger partial charge in [0.1, 0.15) is 1.37 Å². The lowest BCUT2D eigenvalue weighted by molar-refractivity contribution is -0.137. The van der Waals surface area contributed by atoms with Gasteiger partial charge in [0.05, 0.1) is 32.8 Å². The van der Waals surface area contributed by atoms with Gasteiger partial charge in [-0.05, 0) is 67.8 Å². The smallest absolute Gasteiger partial charge is 0.324 e. The molecule has 11 heteroatoms. The van der Waals surface area contributed by atoms with Gasteiger partial charge in [-0.3, -0.25) is 9.78 Å². The Morgan fingerprint density at radius 2 is 1.97 bits per heavy atom. The van der Waals surface area contributed by atoms with Crippen LogP contribution in [0, 0.1) is 13.8 Å². The van der Waals surface area contributed by atoms with Crippen molar-refractivity contribution < 1.29 is 33.0 Å². The fourth-order valence-electron chi connectivity index (χ4n) is 3.22. The quantitative estimate of drug-likeness (QED) is 0.260. The first kappa shape index (κ1) is 15.4. The normalized spacial score (nSPS) is 15.6. The number of carbonyl (C=O) groups excluding carboxylic acids is 1. The first-order chi connectivity index (χ1) is 23.2. The number of aromatic nitrogens is 5. The SMILES string of the molecule is [2H]c1c([2H])c(C(=O)Nc2c([2H])c(-n3c([2H])nc(C([2H])([2H])[2H])c3[2H])c([2H])c(C(F)(F)F)c2[2H])c([2H])c(Nc2nccc(-c3cccnc3)n2)c1C. The topological polar surface area (TPSA) is 97.6 Å². The lowest BCUT2D eigenvalue weighted by atomic mass is 10.1. The molecule has 0 aliphatic rings. The van der Waals surface area contributed by atoms with Crippen molar-refractivity contribution in [3.05, 3.63) is 108 Å². The Hall–Kier alpha value is -5.06. The molecule has 0 aliphatic heterocycles. The van der Waals surface area contributed by atoms with Gasteiger partial charge in [-0.2, -0.15) is 13.2 Å². The summed E-state index contributed by atoms with van der Waals surface area (Å²) in [5.74, 6) is -1.58. The Balaban J connectivity index is 1.65. The van der Waals surface area contributed by atoms with E-state index in [1.54, 1.807) is 24.4 Å².